The van der Waals surface area contributed by atoms with E-state index < -0.39 is 0 Å². The summed E-state index contributed by atoms with van der Waals surface area (Å²) in [6, 6.07) is 27.5. The summed E-state index contributed by atoms with van der Waals surface area (Å²) in [5, 5.41) is 14.9. The molecular formula is C29H18ClN7O. The molecule has 0 saturated carbocycles. The Labute approximate surface area is 221 Å². The van der Waals surface area contributed by atoms with E-state index in [0.29, 0.717) is 50.1 Å². The van der Waals surface area contributed by atoms with E-state index in [-0.39, 0.29) is 5.56 Å². The number of rotatable bonds is 4. The van der Waals surface area contributed by atoms with Crippen LogP contribution in [0.15, 0.2) is 102 Å². The third-order valence-corrected chi connectivity index (χ3v) is 6.42. The number of para-hydroxylation sites is 1. The predicted octanol–water partition coefficient (Wildman–Crippen LogP) is 5.41. The van der Waals surface area contributed by atoms with Crippen LogP contribution in [0.4, 0.5) is 5.69 Å². The van der Waals surface area contributed by atoms with E-state index in [2.05, 4.69) is 16.2 Å². The lowest BCUT2D eigenvalue weighted by Crippen LogP contribution is -2.22. The van der Waals surface area contributed by atoms with Gasteiger partial charge in [-0.2, -0.15) is 10.4 Å². The molecule has 0 atom stereocenters. The van der Waals surface area contributed by atoms with Gasteiger partial charge in [-0.25, -0.2) is 9.67 Å². The van der Waals surface area contributed by atoms with Gasteiger partial charge in [-0.3, -0.25) is 14.3 Å². The Kier molecular flexibility index (Phi) is 5.68. The van der Waals surface area contributed by atoms with E-state index in [1.807, 2.05) is 36.4 Å². The van der Waals surface area contributed by atoms with Crippen LogP contribution in [-0.4, -0.2) is 24.3 Å². The molecule has 0 aliphatic carbocycles. The fraction of sp³-hybridized carbons (Fsp3) is 0. The van der Waals surface area contributed by atoms with Crippen molar-refractivity contribution in [2.24, 2.45) is 0 Å². The zero-order valence-corrected chi connectivity index (χ0v) is 20.5. The average Bonchev–Trinajstić information content (AvgIpc) is 3.38. The minimum atomic E-state index is -0.294. The third kappa shape index (κ3) is 3.97. The van der Waals surface area contributed by atoms with Crippen molar-refractivity contribution >= 4 is 28.3 Å². The van der Waals surface area contributed by atoms with E-state index in [9.17, 15) is 10.1 Å². The Morgan fingerprint density at radius 2 is 1.61 bits per heavy atom. The van der Waals surface area contributed by atoms with Crippen LogP contribution in [0.5, 0.6) is 0 Å². The molecule has 0 aliphatic heterocycles. The Balaban J connectivity index is 1.59. The van der Waals surface area contributed by atoms with Crippen molar-refractivity contribution in [3.8, 4) is 40.1 Å². The first-order valence-electron chi connectivity index (χ1n) is 11.6. The van der Waals surface area contributed by atoms with Crippen LogP contribution in [0.1, 0.15) is 5.56 Å². The summed E-state index contributed by atoms with van der Waals surface area (Å²) in [5.74, 6) is 0.415. The molecule has 0 radical (unpaired) electrons. The number of benzene rings is 3. The molecule has 8 nitrogen and oxygen atoms in total. The lowest BCUT2D eigenvalue weighted by Gasteiger charge is -2.14. The van der Waals surface area contributed by atoms with Crippen molar-refractivity contribution < 1.29 is 0 Å². The van der Waals surface area contributed by atoms with Crippen molar-refractivity contribution in [2.75, 3.05) is 5.73 Å². The van der Waals surface area contributed by atoms with Crippen molar-refractivity contribution in [2.45, 2.75) is 0 Å². The van der Waals surface area contributed by atoms with E-state index in [1.54, 1.807) is 54.7 Å². The monoisotopic (exact) mass is 515 g/mol. The predicted molar refractivity (Wildman–Crippen MR) is 147 cm³/mol. The van der Waals surface area contributed by atoms with Gasteiger partial charge in [0.25, 0.3) is 5.56 Å². The highest BCUT2D eigenvalue weighted by atomic mass is 35.5. The summed E-state index contributed by atoms with van der Waals surface area (Å²) in [6.45, 7) is 0. The number of nitriles is 1. The second kappa shape index (κ2) is 9.32. The minimum Gasteiger partial charge on any atom is -0.397 e. The lowest BCUT2D eigenvalue weighted by molar-refractivity contribution is 0.886. The number of anilines is 1. The zero-order valence-electron chi connectivity index (χ0n) is 19.8. The van der Waals surface area contributed by atoms with E-state index >= 15 is 0 Å². The fourth-order valence-corrected chi connectivity index (χ4v) is 4.41. The quantitative estimate of drug-likeness (QED) is 0.335. The second-order valence-corrected chi connectivity index (χ2v) is 8.97. The van der Waals surface area contributed by atoms with Gasteiger partial charge in [0.1, 0.15) is 17.3 Å². The molecule has 0 amide bonds. The van der Waals surface area contributed by atoms with Crippen molar-refractivity contribution in [1.29, 1.82) is 5.26 Å². The molecule has 0 saturated heterocycles. The molecule has 0 aliphatic rings. The molecular weight excluding hydrogens is 498 g/mol. The average molecular weight is 516 g/mol. The molecule has 38 heavy (non-hydrogen) atoms. The Morgan fingerprint density at radius 3 is 2.32 bits per heavy atom. The Morgan fingerprint density at radius 1 is 0.868 bits per heavy atom. The summed E-state index contributed by atoms with van der Waals surface area (Å²) >= 11 is 6.12. The van der Waals surface area contributed by atoms with Crippen molar-refractivity contribution in [3.63, 3.8) is 0 Å². The first-order valence-corrected chi connectivity index (χ1v) is 12.0. The maximum atomic E-state index is 13.9. The van der Waals surface area contributed by atoms with Crippen LogP contribution in [0.25, 0.3) is 45.1 Å². The number of hydrogen-bond donors (Lipinski definition) is 1. The van der Waals surface area contributed by atoms with Crippen LogP contribution in [0, 0.1) is 11.3 Å². The topological polar surface area (TPSA) is 115 Å². The van der Waals surface area contributed by atoms with Crippen LogP contribution >= 0.6 is 11.6 Å². The standard InChI is InChI=1S/C29H18ClN7O/c30-21-9-12-23(13-10-21)36-27(19-7-5-18(6-8-19)25-14-11-22(32)16-33-25)35-28-24(29(36)38)17-34-37(28)26-4-2-1-3-20(26)15-31/h1-14,16-17H,32H2. The van der Waals surface area contributed by atoms with E-state index in [0.717, 1.165) is 11.3 Å². The van der Waals surface area contributed by atoms with Crippen LogP contribution in [0.3, 0.4) is 0 Å². The van der Waals surface area contributed by atoms with Gasteiger partial charge in [-0.15, -0.1) is 0 Å². The fourth-order valence-electron chi connectivity index (χ4n) is 4.29. The molecule has 9 heteroatoms. The molecule has 0 fully saturated rings. The highest BCUT2D eigenvalue weighted by Crippen LogP contribution is 2.27. The highest BCUT2D eigenvalue weighted by Gasteiger charge is 2.19. The maximum absolute atomic E-state index is 13.9. The first-order chi connectivity index (χ1) is 18.5. The van der Waals surface area contributed by atoms with E-state index in [4.69, 9.17) is 22.3 Å². The van der Waals surface area contributed by atoms with Crippen LogP contribution < -0.4 is 11.3 Å². The highest BCUT2D eigenvalue weighted by molar-refractivity contribution is 6.30. The van der Waals surface area contributed by atoms with Gasteiger partial charge >= 0.3 is 0 Å². The molecule has 3 heterocycles. The van der Waals surface area contributed by atoms with Crippen molar-refractivity contribution in [1.82, 2.24) is 24.3 Å². The number of nitrogen functional groups attached to an aromatic ring is 1. The molecule has 0 bridgehead atoms. The van der Waals surface area contributed by atoms with Gasteiger partial charge in [0.2, 0.25) is 0 Å². The molecule has 3 aromatic carbocycles. The van der Waals surface area contributed by atoms with Crippen molar-refractivity contribution in [3.05, 3.63) is 118 Å². The molecule has 6 aromatic rings. The molecule has 3 aromatic heterocycles. The summed E-state index contributed by atoms with van der Waals surface area (Å²) < 4.78 is 3.06. The Hall–Kier alpha value is -5.26. The number of fused-ring (bicyclic) bond motifs is 1. The van der Waals surface area contributed by atoms with Gasteiger partial charge in [0, 0.05) is 16.1 Å². The number of nitrogens with zero attached hydrogens (tertiary/aromatic N) is 6. The smallest absolute Gasteiger partial charge is 0.269 e. The molecule has 6 rings (SSSR count). The van der Waals surface area contributed by atoms with Gasteiger partial charge in [0.05, 0.1) is 40.7 Å². The molecule has 2 N–H and O–H groups in total. The van der Waals surface area contributed by atoms with E-state index in [1.165, 1.54) is 15.4 Å². The van der Waals surface area contributed by atoms with Gasteiger partial charge in [0.15, 0.2) is 5.65 Å². The molecule has 0 unspecified atom stereocenters. The first kappa shape index (κ1) is 23.2. The lowest BCUT2D eigenvalue weighted by atomic mass is 10.1. The second-order valence-electron chi connectivity index (χ2n) is 8.53. The number of pyridine rings is 1. The summed E-state index contributed by atoms with van der Waals surface area (Å²) in [4.78, 5) is 23.2. The molecule has 182 valence electrons. The zero-order chi connectivity index (χ0) is 26.2. The number of aromatic nitrogens is 5. The van der Waals surface area contributed by atoms with Gasteiger partial charge in [-0.05, 0) is 48.5 Å². The maximum Gasteiger partial charge on any atom is 0.269 e. The van der Waals surface area contributed by atoms with Crippen LogP contribution in [0.2, 0.25) is 5.02 Å². The summed E-state index contributed by atoms with van der Waals surface area (Å²) in [7, 11) is 0. The largest absolute Gasteiger partial charge is 0.397 e. The number of hydrogen-bond acceptors (Lipinski definition) is 6. The number of halogens is 1. The Bertz CT molecular complexity index is 1900. The third-order valence-electron chi connectivity index (χ3n) is 6.16. The SMILES string of the molecule is N#Cc1ccccc1-n1ncc2c(=O)n(-c3ccc(Cl)cc3)c(-c3ccc(-c4ccc(N)cn4)cc3)nc21. The summed E-state index contributed by atoms with van der Waals surface area (Å²) in [6.07, 6.45) is 3.09. The normalized spacial score (nSPS) is 10.9. The van der Waals surface area contributed by atoms with Gasteiger partial charge in [-0.1, -0.05) is 48.0 Å². The molecule has 0 spiro atoms. The summed E-state index contributed by atoms with van der Waals surface area (Å²) in [5.41, 5.74) is 10.4. The van der Waals surface area contributed by atoms with Gasteiger partial charge < -0.3 is 5.73 Å². The minimum absolute atomic E-state index is 0.294. The number of nitrogens with two attached hydrogens (primary N) is 1. The van der Waals surface area contributed by atoms with Crippen LogP contribution in [-0.2, 0) is 0 Å².